The van der Waals surface area contributed by atoms with Gasteiger partial charge in [-0.15, -0.1) is 0 Å². The third-order valence-corrected chi connectivity index (χ3v) is 16.5. The van der Waals surface area contributed by atoms with Gasteiger partial charge in [0.15, 0.2) is 0 Å². The van der Waals surface area contributed by atoms with Gasteiger partial charge in [0.2, 0.25) is 0 Å². The number of aliphatic carboxylic acids is 7. The van der Waals surface area contributed by atoms with Gasteiger partial charge in [0, 0.05) is 44.9 Å². The first-order valence-electron chi connectivity index (χ1n) is 45.2. The lowest BCUT2D eigenvalue weighted by atomic mass is 10.1. The zero-order chi connectivity index (χ0) is 94.6. The number of rotatable bonds is 68. The van der Waals surface area contributed by atoms with Crippen LogP contribution in [0.25, 0.3) is 0 Å². The molecule has 0 rings (SSSR count). The normalized spacial score (nSPS) is 10.1. The van der Waals surface area contributed by atoms with Crippen LogP contribution in [0.15, 0.2) is 0 Å². The fourth-order valence-corrected chi connectivity index (χ4v) is 8.98. The van der Waals surface area contributed by atoms with Crippen LogP contribution in [0.5, 0.6) is 0 Å². The van der Waals surface area contributed by atoms with Crippen molar-refractivity contribution in [3.63, 3.8) is 0 Å². The van der Waals surface area contributed by atoms with E-state index in [0.717, 1.165) is 89.9 Å². The van der Waals surface area contributed by atoms with Gasteiger partial charge in [-0.25, -0.2) is 0 Å². The molecule has 25 N–H and O–H groups in total. The predicted molar refractivity (Wildman–Crippen MR) is 473 cm³/mol. The summed E-state index contributed by atoms with van der Waals surface area (Å²) in [6.45, 7) is 11.0. The van der Waals surface area contributed by atoms with Gasteiger partial charge >= 0.3 is 41.8 Å². The maximum Gasteiger partial charge on any atom is 0.303 e. The second-order valence-electron chi connectivity index (χ2n) is 29.0. The maximum absolute atomic E-state index is 10.1. The molecule has 0 saturated heterocycles. The molecule has 32 nitrogen and oxygen atoms in total. The molecule has 0 aromatic rings. The molecule has 32 heteroatoms. The smallest absolute Gasteiger partial charge is 0.303 e. The lowest BCUT2D eigenvalue weighted by Gasteiger charge is -1.98. The minimum absolute atomic E-state index is 0.341. The Kier molecular flexibility index (Phi) is 169. The second-order valence-corrected chi connectivity index (χ2v) is 29.0. The SMILES string of the molecule is CCCCCCCCCC(=O)O.CCCCCCCCCC(=O)O.CCCCCCCCCC(=O)O.CCCCCCCCCC(=O)O.CCCCCCCCCC(=O)O.CCCCCCCCCC(=O)O.CCCCCCCCCC(=O)O.OCC(O)CO.OCC(O)CO.OCC(O)CO.OCC(O)CO.OCC(O)CO.OCC(O)CO. The van der Waals surface area contributed by atoms with E-state index in [1.165, 1.54) is 225 Å². The average Bonchev–Trinajstić information content (AvgIpc) is 1.18. The van der Waals surface area contributed by atoms with Gasteiger partial charge in [-0.1, -0.05) is 318 Å². The Morgan fingerprint density at radius 2 is 0.208 bits per heavy atom. The number of carboxylic acid groups (broad SMARTS) is 7. The first kappa shape index (κ1) is 144. The molecule has 732 valence electrons. The van der Waals surface area contributed by atoms with Gasteiger partial charge in [0.25, 0.3) is 0 Å². The Hall–Kier alpha value is -4.43. The summed E-state index contributed by atoms with van der Waals surface area (Å²) in [6.07, 6.45) is 54.8. The van der Waals surface area contributed by atoms with E-state index in [1.807, 2.05) is 0 Å². The van der Waals surface area contributed by atoms with Crippen LogP contribution in [0.4, 0.5) is 0 Å². The third-order valence-electron chi connectivity index (χ3n) is 16.5. The molecule has 0 saturated carbocycles. The molecule has 0 fully saturated rings. The summed E-state index contributed by atoms with van der Waals surface area (Å²) < 4.78 is 0. The molecule has 0 amide bonds. The van der Waals surface area contributed by atoms with Gasteiger partial charge in [-0.05, 0) is 44.9 Å². The van der Waals surface area contributed by atoms with Gasteiger partial charge in [0.05, 0.1) is 79.3 Å². The molecule has 0 aromatic carbocycles. The Morgan fingerprint density at radius 3 is 0.258 bits per heavy atom. The van der Waals surface area contributed by atoms with Crippen LogP contribution in [0.1, 0.15) is 408 Å². The van der Waals surface area contributed by atoms with Crippen LogP contribution in [0.3, 0.4) is 0 Å². The van der Waals surface area contributed by atoms with Crippen molar-refractivity contribution in [2.75, 3.05) is 79.3 Å². The number of hydrogen-bond acceptors (Lipinski definition) is 25. The minimum atomic E-state index is -0.954. The van der Waals surface area contributed by atoms with Crippen molar-refractivity contribution in [1.29, 1.82) is 0 Å². The molecule has 0 atom stereocenters. The monoisotopic (exact) mass is 1760 g/mol. The van der Waals surface area contributed by atoms with Crippen LogP contribution in [-0.4, -0.2) is 285 Å². The molecular formula is C88H188O32. The van der Waals surface area contributed by atoms with Crippen LogP contribution < -0.4 is 0 Å². The Balaban J connectivity index is -0.0000000949. The molecule has 0 radical (unpaired) electrons. The van der Waals surface area contributed by atoms with E-state index in [2.05, 4.69) is 48.5 Å². The average molecular weight is 1760 g/mol. The number of carbonyl (C=O) groups is 7. The van der Waals surface area contributed by atoms with Crippen molar-refractivity contribution in [2.45, 2.75) is 445 Å². The highest BCUT2D eigenvalue weighted by Crippen LogP contribution is 2.14. The van der Waals surface area contributed by atoms with E-state index >= 15 is 0 Å². The lowest BCUT2D eigenvalue weighted by Crippen LogP contribution is -2.15. The summed E-state index contributed by atoms with van der Waals surface area (Å²) in [4.78, 5) is 70.9. The Labute approximate surface area is 724 Å². The summed E-state index contributed by atoms with van der Waals surface area (Å²) in [6, 6.07) is 0. The van der Waals surface area contributed by atoms with Gasteiger partial charge in [-0.3, -0.25) is 33.6 Å². The third kappa shape index (κ3) is 211. The summed E-state index contributed by atoms with van der Waals surface area (Å²) in [7, 11) is 0. The van der Waals surface area contributed by atoms with Crippen molar-refractivity contribution in [2.24, 2.45) is 0 Å². The van der Waals surface area contributed by atoms with E-state index in [4.69, 9.17) is 128 Å². The minimum Gasteiger partial charge on any atom is -0.481 e. The lowest BCUT2D eigenvalue weighted by molar-refractivity contribution is -0.138. The van der Waals surface area contributed by atoms with Crippen LogP contribution >= 0.6 is 0 Å². The standard InChI is InChI=1S/7C10H20O2.6C3H8O3/c7*1-2-3-4-5-6-7-8-9-10(11)12;6*4-1-3(6)2-5/h7*2-9H2,1H3,(H,11,12);6*3-6H,1-2H2. The van der Waals surface area contributed by atoms with Crippen molar-refractivity contribution in [3.05, 3.63) is 0 Å². The summed E-state index contributed by atoms with van der Waals surface area (Å²) in [5.74, 6) is -4.64. The van der Waals surface area contributed by atoms with Crippen molar-refractivity contribution in [1.82, 2.24) is 0 Å². The van der Waals surface area contributed by atoms with Gasteiger partial charge in [0.1, 0.15) is 36.6 Å². The summed E-state index contributed by atoms with van der Waals surface area (Å²) in [5.41, 5.74) is 0. The topological polar surface area (TPSA) is 625 Å². The number of carboxylic acids is 7. The van der Waals surface area contributed by atoms with Crippen molar-refractivity contribution < 1.29 is 161 Å². The largest absolute Gasteiger partial charge is 0.481 e. The molecule has 0 aromatic heterocycles. The van der Waals surface area contributed by atoms with Crippen LogP contribution in [0, 0.1) is 0 Å². The quantitative estimate of drug-likeness (QED) is 0.0251. The zero-order valence-electron chi connectivity index (χ0n) is 76.1. The summed E-state index contributed by atoms with van der Waals surface area (Å²) >= 11 is 0. The molecule has 0 aliphatic heterocycles. The first-order chi connectivity index (χ1) is 57.2. The molecule has 0 bridgehead atoms. The fraction of sp³-hybridized carbons (Fsp3) is 0.920. The number of aliphatic hydroxyl groups excluding tert-OH is 18. The molecule has 0 aliphatic carbocycles. The number of hydrogen-bond donors (Lipinski definition) is 25. The highest BCUT2D eigenvalue weighted by molar-refractivity contribution is 5.68. The maximum atomic E-state index is 10.1. The number of aliphatic hydroxyl groups is 18. The molecule has 0 aliphatic rings. The van der Waals surface area contributed by atoms with Crippen molar-refractivity contribution in [3.8, 4) is 0 Å². The Morgan fingerprint density at radius 1 is 0.142 bits per heavy atom. The highest BCUT2D eigenvalue weighted by Gasteiger charge is 2.04. The van der Waals surface area contributed by atoms with Crippen LogP contribution in [0.2, 0.25) is 0 Å². The molecular weight excluding hydrogens is 1570 g/mol. The van der Waals surface area contributed by atoms with E-state index < -0.39 is 78.4 Å². The number of unbranched alkanes of at least 4 members (excludes halogenated alkanes) is 42. The zero-order valence-corrected chi connectivity index (χ0v) is 76.1. The van der Waals surface area contributed by atoms with Crippen molar-refractivity contribution >= 4 is 41.8 Å². The summed E-state index contributed by atoms with van der Waals surface area (Å²) in [5, 5.41) is 203. The first-order valence-corrected chi connectivity index (χ1v) is 45.2. The van der Waals surface area contributed by atoms with E-state index in [1.54, 1.807) is 0 Å². The van der Waals surface area contributed by atoms with Crippen LogP contribution in [-0.2, 0) is 33.6 Å². The molecule has 0 unspecified atom stereocenters. The molecule has 0 spiro atoms. The van der Waals surface area contributed by atoms with E-state index in [9.17, 15) is 33.6 Å². The van der Waals surface area contributed by atoms with Gasteiger partial charge < -0.3 is 128 Å². The predicted octanol–water partition coefficient (Wildman–Crippen LogP) is 12.5. The van der Waals surface area contributed by atoms with Gasteiger partial charge in [-0.2, -0.15) is 0 Å². The highest BCUT2D eigenvalue weighted by atomic mass is 16.4. The Bertz CT molecular complexity index is 1490. The van der Waals surface area contributed by atoms with E-state index in [-0.39, 0.29) is 79.3 Å². The fourth-order valence-electron chi connectivity index (χ4n) is 8.98. The molecule has 0 heterocycles. The van der Waals surface area contributed by atoms with E-state index in [0.29, 0.717) is 44.9 Å². The second kappa shape index (κ2) is 140. The molecule has 120 heavy (non-hydrogen) atoms.